The Balaban J connectivity index is 2.05. The van der Waals surface area contributed by atoms with Crippen molar-refractivity contribution in [3.63, 3.8) is 0 Å². The van der Waals surface area contributed by atoms with Crippen molar-refractivity contribution in [2.75, 3.05) is 26.2 Å². The molecule has 1 atom stereocenters. The Bertz CT molecular complexity index is 216. The van der Waals surface area contributed by atoms with E-state index in [1.807, 2.05) is 4.31 Å². The van der Waals surface area contributed by atoms with Crippen molar-refractivity contribution in [2.24, 2.45) is 17.1 Å². The summed E-state index contributed by atoms with van der Waals surface area (Å²) in [5.74, 6) is 0.812. The van der Waals surface area contributed by atoms with Gasteiger partial charge in [-0.3, -0.25) is 0 Å². The standard InChI is InChI=1S/C12H27N3OS/c1-12(2,3)11(13)8-14-6-7-15(17-16)9-10-4-5-10/h10-11,14,16H,4-9,13H2,1-3H3. The van der Waals surface area contributed by atoms with E-state index in [2.05, 4.69) is 26.1 Å². The van der Waals surface area contributed by atoms with Crippen LogP contribution in [0.2, 0.25) is 0 Å². The van der Waals surface area contributed by atoms with E-state index < -0.39 is 0 Å². The first-order valence-electron chi connectivity index (χ1n) is 6.46. The number of hydrogen-bond acceptors (Lipinski definition) is 5. The highest BCUT2D eigenvalue weighted by molar-refractivity contribution is 7.91. The first-order valence-corrected chi connectivity index (χ1v) is 7.19. The maximum Gasteiger partial charge on any atom is 0.0790 e. The maximum absolute atomic E-state index is 9.13. The van der Waals surface area contributed by atoms with Crippen molar-refractivity contribution < 1.29 is 4.55 Å². The van der Waals surface area contributed by atoms with Crippen LogP contribution in [0.4, 0.5) is 0 Å². The smallest absolute Gasteiger partial charge is 0.0790 e. The van der Waals surface area contributed by atoms with Crippen molar-refractivity contribution in [3.05, 3.63) is 0 Å². The quantitative estimate of drug-likeness (QED) is 0.353. The zero-order valence-corrected chi connectivity index (χ0v) is 12.1. The maximum atomic E-state index is 9.13. The van der Waals surface area contributed by atoms with Crippen LogP contribution in [-0.2, 0) is 0 Å². The van der Waals surface area contributed by atoms with Gasteiger partial charge in [0.1, 0.15) is 0 Å². The van der Waals surface area contributed by atoms with Crippen LogP contribution >= 0.6 is 12.2 Å². The van der Waals surface area contributed by atoms with Gasteiger partial charge >= 0.3 is 0 Å². The van der Waals surface area contributed by atoms with Gasteiger partial charge in [0.25, 0.3) is 0 Å². The fraction of sp³-hybridized carbons (Fsp3) is 1.00. The largest absolute Gasteiger partial charge is 0.326 e. The van der Waals surface area contributed by atoms with Gasteiger partial charge < -0.3 is 15.6 Å². The average Bonchev–Trinajstić information content (AvgIpc) is 3.04. The molecule has 1 saturated carbocycles. The highest BCUT2D eigenvalue weighted by atomic mass is 32.2. The molecule has 4 N–H and O–H groups in total. The summed E-state index contributed by atoms with van der Waals surface area (Å²) < 4.78 is 11.2. The zero-order valence-electron chi connectivity index (χ0n) is 11.3. The highest BCUT2D eigenvalue weighted by Crippen LogP contribution is 2.30. The second-order valence-corrected chi connectivity index (χ2v) is 6.77. The van der Waals surface area contributed by atoms with E-state index >= 15 is 0 Å². The molecule has 0 aromatic rings. The molecule has 4 nitrogen and oxygen atoms in total. The molecule has 102 valence electrons. The van der Waals surface area contributed by atoms with E-state index in [0.29, 0.717) is 0 Å². The monoisotopic (exact) mass is 261 g/mol. The molecule has 0 aromatic carbocycles. The topological polar surface area (TPSA) is 61.5 Å². The Hall–Kier alpha value is 0.190. The molecule has 0 heterocycles. The van der Waals surface area contributed by atoms with E-state index in [1.165, 1.54) is 12.8 Å². The van der Waals surface area contributed by atoms with Crippen molar-refractivity contribution in [1.82, 2.24) is 9.62 Å². The van der Waals surface area contributed by atoms with Crippen LogP contribution in [0.1, 0.15) is 33.6 Å². The molecule has 0 bridgehead atoms. The van der Waals surface area contributed by atoms with Gasteiger partial charge in [-0.1, -0.05) is 20.8 Å². The molecule has 0 saturated heterocycles. The minimum atomic E-state index is 0.145. The SMILES string of the molecule is CC(C)(C)C(N)CNCCN(CC1CC1)SO. The van der Waals surface area contributed by atoms with Crippen LogP contribution in [0.3, 0.4) is 0 Å². The lowest BCUT2D eigenvalue weighted by Gasteiger charge is -2.27. The van der Waals surface area contributed by atoms with Gasteiger partial charge in [0.05, 0.1) is 12.2 Å². The van der Waals surface area contributed by atoms with Gasteiger partial charge in [0.15, 0.2) is 0 Å². The first-order chi connectivity index (χ1) is 7.93. The van der Waals surface area contributed by atoms with E-state index in [4.69, 9.17) is 10.3 Å². The lowest BCUT2D eigenvalue weighted by atomic mass is 9.87. The van der Waals surface area contributed by atoms with Crippen molar-refractivity contribution in [1.29, 1.82) is 0 Å². The highest BCUT2D eigenvalue weighted by Gasteiger charge is 2.24. The molecule has 0 aromatic heterocycles. The molecule has 1 rings (SSSR count). The third-order valence-electron chi connectivity index (χ3n) is 3.29. The molecule has 0 spiro atoms. The molecule has 1 aliphatic rings. The Kier molecular flexibility index (Phi) is 6.23. The molecule has 0 radical (unpaired) electrons. The van der Waals surface area contributed by atoms with Crippen LogP contribution in [-0.4, -0.2) is 41.1 Å². The van der Waals surface area contributed by atoms with Gasteiger partial charge in [0, 0.05) is 32.2 Å². The first kappa shape index (κ1) is 15.2. The summed E-state index contributed by atoms with van der Waals surface area (Å²) in [6.45, 7) is 10.1. The normalized spacial score (nSPS) is 18.7. The predicted molar refractivity (Wildman–Crippen MR) is 74.8 cm³/mol. The molecule has 1 aliphatic carbocycles. The second kappa shape index (κ2) is 6.95. The van der Waals surface area contributed by atoms with Crippen LogP contribution < -0.4 is 11.1 Å². The molecular weight excluding hydrogens is 234 g/mol. The number of nitrogens with zero attached hydrogens (tertiary/aromatic N) is 1. The molecule has 0 amide bonds. The van der Waals surface area contributed by atoms with Crippen LogP contribution in [0.5, 0.6) is 0 Å². The summed E-state index contributed by atoms with van der Waals surface area (Å²) in [6.07, 6.45) is 2.64. The van der Waals surface area contributed by atoms with E-state index in [-0.39, 0.29) is 11.5 Å². The molecule has 5 heteroatoms. The lowest BCUT2D eigenvalue weighted by molar-refractivity contribution is 0.305. The van der Waals surface area contributed by atoms with Crippen molar-refractivity contribution in [2.45, 2.75) is 39.7 Å². The van der Waals surface area contributed by atoms with Crippen molar-refractivity contribution in [3.8, 4) is 0 Å². The number of nitrogens with two attached hydrogens (primary N) is 1. The second-order valence-electron chi connectivity index (χ2n) is 6.09. The minimum absolute atomic E-state index is 0.145. The summed E-state index contributed by atoms with van der Waals surface area (Å²) in [6, 6.07) is 0.168. The molecule has 17 heavy (non-hydrogen) atoms. The Morgan fingerprint density at radius 3 is 2.59 bits per heavy atom. The molecular formula is C12H27N3OS. The van der Waals surface area contributed by atoms with Gasteiger partial charge in [0.2, 0.25) is 0 Å². The molecule has 1 unspecified atom stereocenters. The van der Waals surface area contributed by atoms with Crippen molar-refractivity contribution >= 4 is 12.2 Å². The van der Waals surface area contributed by atoms with Gasteiger partial charge in [-0.15, -0.1) is 0 Å². The summed E-state index contributed by atoms with van der Waals surface area (Å²) in [7, 11) is 0. The Morgan fingerprint density at radius 1 is 1.47 bits per heavy atom. The van der Waals surface area contributed by atoms with Crippen LogP contribution in [0.25, 0.3) is 0 Å². The Labute approximate surface area is 110 Å². The zero-order chi connectivity index (χ0) is 12.9. The number of rotatable bonds is 8. The summed E-state index contributed by atoms with van der Waals surface area (Å²) >= 11 is 0.865. The summed E-state index contributed by atoms with van der Waals surface area (Å²) in [5.41, 5.74) is 6.21. The number of nitrogens with one attached hydrogen (secondary N) is 1. The van der Waals surface area contributed by atoms with E-state index in [9.17, 15) is 0 Å². The summed E-state index contributed by atoms with van der Waals surface area (Å²) in [4.78, 5) is 0. The fourth-order valence-corrected chi connectivity index (χ4v) is 1.97. The van der Waals surface area contributed by atoms with Gasteiger partial charge in [-0.05, 0) is 24.2 Å². The minimum Gasteiger partial charge on any atom is -0.326 e. The lowest BCUT2D eigenvalue weighted by Crippen LogP contribution is -2.44. The number of hydrogen-bond donors (Lipinski definition) is 3. The van der Waals surface area contributed by atoms with E-state index in [1.54, 1.807) is 0 Å². The molecule has 0 aliphatic heterocycles. The fourth-order valence-electron chi connectivity index (χ4n) is 1.52. The predicted octanol–water partition coefficient (Wildman–Crippen LogP) is 1.78. The average molecular weight is 261 g/mol. The third-order valence-corrected chi connectivity index (χ3v) is 3.85. The van der Waals surface area contributed by atoms with Gasteiger partial charge in [-0.2, -0.15) is 0 Å². The van der Waals surface area contributed by atoms with Crippen LogP contribution in [0.15, 0.2) is 0 Å². The van der Waals surface area contributed by atoms with Crippen LogP contribution in [0, 0.1) is 11.3 Å². The summed E-state index contributed by atoms with van der Waals surface area (Å²) in [5, 5.41) is 3.36. The molecule has 1 fully saturated rings. The van der Waals surface area contributed by atoms with E-state index in [0.717, 1.165) is 44.3 Å². The van der Waals surface area contributed by atoms with Gasteiger partial charge in [-0.25, -0.2) is 4.31 Å². The Morgan fingerprint density at radius 2 is 2.12 bits per heavy atom. The third kappa shape index (κ3) is 6.62.